The number of rotatable bonds is 4. The molecule has 1 saturated heterocycles. The molecule has 2 N–H and O–H groups in total. The lowest BCUT2D eigenvalue weighted by molar-refractivity contribution is -0.192. The molecule has 1 aromatic heterocycles. The second-order valence-corrected chi connectivity index (χ2v) is 8.25. The van der Waals surface area contributed by atoms with E-state index in [0.29, 0.717) is 19.4 Å². The van der Waals surface area contributed by atoms with Crippen LogP contribution in [0.4, 0.5) is 13.2 Å². The fourth-order valence-corrected chi connectivity index (χ4v) is 4.48. The van der Waals surface area contributed by atoms with Crippen molar-refractivity contribution in [2.24, 2.45) is 7.05 Å². The molecule has 0 aliphatic carbocycles. The smallest absolute Gasteiger partial charge is 0.475 e. The first-order chi connectivity index (χ1) is 13.4. The molecule has 3 rings (SSSR count). The number of hydrogen-bond acceptors (Lipinski definition) is 5. The van der Waals surface area contributed by atoms with Gasteiger partial charge in [-0.3, -0.25) is 0 Å². The zero-order valence-electron chi connectivity index (χ0n) is 15.3. The van der Waals surface area contributed by atoms with Crippen LogP contribution >= 0.6 is 0 Å². The number of carboxylic acids is 1. The van der Waals surface area contributed by atoms with E-state index >= 15 is 0 Å². The van der Waals surface area contributed by atoms with Crippen LogP contribution in [0.3, 0.4) is 0 Å². The lowest BCUT2D eigenvalue weighted by Crippen LogP contribution is -2.41. The average molecular weight is 435 g/mol. The fourth-order valence-electron chi connectivity index (χ4n) is 2.84. The van der Waals surface area contributed by atoms with Crippen molar-refractivity contribution in [1.82, 2.24) is 13.9 Å². The highest BCUT2D eigenvalue weighted by Crippen LogP contribution is 2.28. The van der Waals surface area contributed by atoms with Crippen LogP contribution in [0.5, 0.6) is 0 Å². The number of aryl methyl sites for hydroxylation is 1. The lowest BCUT2D eigenvalue weighted by atomic mass is 10.0. The van der Waals surface area contributed by atoms with Crippen LogP contribution in [0.15, 0.2) is 47.9 Å². The van der Waals surface area contributed by atoms with Gasteiger partial charge in [-0.05, 0) is 18.4 Å². The summed E-state index contributed by atoms with van der Waals surface area (Å²) in [5.41, 5.74) is 1.01. The Morgan fingerprint density at radius 2 is 1.86 bits per heavy atom. The molecule has 0 amide bonds. The van der Waals surface area contributed by atoms with Gasteiger partial charge < -0.3 is 14.8 Å². The maximum Gasteiger partial charge on any atom is 0.490 e. The van der Waals surface area contributed by atoms with Crippen molar-refractivity contribution in [3.05, 3.63) is 48.4 Å². The number of carbonyl (C=O) groups is 1. The van der Waals surface area contributed by atoms with Gasteiger partial charge in [0.15, 0.2) is 5.03 Å². The van der Waals surface area contributed by atoms with Crippen LogP contribution in [0.25, 0.3) is 0 Å². The molecule has 29 heavy (non-hydrogen) atoms. The minimum absolute atomic E-state index is 0.0298. The van der Waals surface area contributed by atoms with Crippen LogP contribution < -0.4 is 0 Å². The normalized spacial score (nSPS) is 20.2. The number of aliphatic hydroxyl groups is 1. The summed E-state index contributed by atoms with van der Waals surface area (Å²) in [6.07, 6.45) is -1.85. The third-order valence-corrected chi connectivity index (χ3v) is 6.05. The highest BCUT2D eigenvalue weighted by Gasteiger charge is 2.41. The molecule has 0 spiro atoms. The minimum Gasteiger partial charge on any atom is -0.475 e. The molecular formula is C17H20F3N3O5S. The Hall–Kier alpha value is -2.44. The van der Waals surface area contributed by atoms with Crippen LogP contribution in [0.2, 0.25) is 0 Å². The first-order valence-corrected chi connectivity index (χ1v) is 9.89. The molecule has 2 atom stereocenters. The van der Waals surface area contributed by atoms with E-state index in [2.05, 4.69) is 4.98 Å². The number of halogens is 3. The number of aliphatic carboxylic acids is 1. The maximum absolute atomic E-state index is 12.7. The molecule has 8 nitrogen and oxygen atoms in total. The van der Waals surface area contributed by atoms with E-state index in [0.717, 1.165) is 5.56 Å². The number of benzene rings is 1. The van der Waals surface area contributed by atoms with Gasteiger partial charge >= 0.3 is 12.1 Å². The molecular weight excluding hydrogens is 415 g/mol. The lowest BCUT2D eigenvalue weighted by Gasteiger charge is -2.25. The van der Waals surface area contributed by atoms with Gasteiger partial charge in [-0.2, -0.15) is 17.5 Å². The van der Waals surface area contributed by atoms with E-state index in [1.807, 2.05) is 30.3 Å². The predicted octanol–water partition coefficient (Wildman–Crippen LogP) is 1.42. The summed E-state index contributed by atoms with van der Waals surface area (Å²) in [6.45, 7) is 0.317. The first kappa shape index (κ1) is 22.8. The van der Waals surface area contributed by atoms with Gasteiger partial charge in [0.25, 0.3) is 10.0 Å². The molecule has 1 aliphatic rings. The Kier molecular flexibility index (Phi) is 7.03. The van der Waals surface area contributed by atoms with Gasteiger partial charge in [-0.25, -0.2) is 18.2 Å². The zero-order valence-corrected chi connectivity index (χ0v) is 16.1. The zero-order chi connectivity index (χ0) is 21.8. The third kappa shape index (κ3) is 5.78. The van der Waals surface area contributed by atoms with Crippen molar-refractivity contribution < 1.29 is 36.6 Å². The van der Waals surface area contributed by atoms with Crippen LogP contribution in [0.1, 0.15) is 12.0 Å². The number of imidazole rings is 1. The molecule has 2 aromatic rings. The molecule has 160 valence electrons. The van der Waals surface area contributed by atoms with Crippen molar-refractivity contribution in [1.29, 1.82) is 0 Å². The Morgan fingerprint density at radius 1 is 1.28 bits per heavy atom. The van der Waals surface area contributed by atoms with E-state index < -0.39 is 34.3 Å². The average Bonchev–Trinajstić information content (AvgIpc) is 3.23. The van der Waals surface area contributed by atoms with Crippen molar-refractivity contribution in [2.45, 2.75) is 36.2 Å². The van der Waals surface area contributed by atoms with Crippen LogP contribution in [-0.2, 0) is 28.3 Å². The molecule has 1 aliphatic heterocycles. The number of nitrogens with zero attached hydrogens (tertiary/aromatic N) is 3. The molecule has 0 unspecified atom stereocenters. The number of sulfonamides is 1. The van der Waals surface area contributed by atoms with E-state index in [1.165, 1.54) is 16.8 Å². The SMILES string of the molecule is Cn1cnc(S(=O)(=O)N2CC[C@@H](O)[C@@H]2Cc2ccccc2)c1.O=C(O)C(F)(F)F. The third-order valence-electron chi connectivity index (χ3n) is 4.24. The quantitative estimate of drug-likeness (QED) is 0.751. The van der Waals surface area contributed by atoms with Crippen molar-refractivity contribution >= 4 is 16.0 Å². The summed E-state index contributed by atoms with van der Waals surface area (Å²) in [5.74, 6) is -2.76. The van der Waals surface area contributed by atoms with Gasteiger partial charge in [-0.15, -0.1) is 0 Å². The summed E-state index contributed by atoms with van der Waals surface area (Å²) in [6, 6.07) is 9.17. The largest absolute Gasteiger partial charge is 0.490 e. The van der Waals surface area contributed by atoms with E-state index in [9.17, 15) is 26.7 Å². The molecule has 2 heterocycles. The first-order valence-electron chi connectivity index (χ1n) is 8.45. The summed E-state index contributed by atoms with van der Waals surface area (Å²) in [7, 11) is -1.95. The summed E-state index contributed by atoms with van der Waals surface area (Å²) in [5, 5.41) is 17.4. The second-order valence-electron chi connectivity index (χ2n) is 6.41. The van der Waals surface area contributed by atoms with E-state index in [4.69, 9.17) is 9.90 Å². The molecule has 0 radical (unpaired) electrons. The van der Waals surface area contributed by atoms with Gasteiger partial charge in [0.05, 0.1) is 18.5 Å². The number of aromatic nitrogens is 2. The fraction of sp³-hybridized carbons (Fsp3) is 0.412. The Balaban J connectivity index is 0.000000370. The van der Waals surface area contributed by atoms with Crippen molar-refractivity contribution in [3.63, 3.8) is 0 Å². The van der Waals surface area contributed by atoms with Gasteiger partial charge in [0.1, 0.15) is 0 Å². The monoisotopic (exact) mass is 435 g/mol. The number of hydrogen-bond donors (Lipinski definition) is 2. The van der Waals surface area contributed by atoms with Crippen LogP contribution in [-0.4, -0.2) is 63.3 Å². The van der Waals surface area contributed by atoms with Gasteiger partial charge in [0.2, 0.25) is 0 Å². The number of carboxylic acid groups (broad SMARTS) is 1. The summed E-state index contributed by atoms with van der Waals surface area (Å²) in [4.78, 5) is 12.8. The van der Waals surface area contributed by atoms with E-state index in [1.54, 1.807) is 11.6 Å². The van der Waals surface area contributed by atoms with Crippen LogP contribution in [0, 0.1) is 0 Å². The minimum atomic E-state index is -5.08. The molecule has 12 heteroatoms. The summed E-state index contributed by atoms with van der Waals surface area (Å²) >= 11 is 0. The molecule has 0 bridgehead atoms. The Morgan fingerprint density at radius 3 is 2.34 bits per heavy atom. The van der Waals surface area contributed by atoms with E-state index in [-0.39, 0.29) is 5.03 Å². The second kappa shape index (κ2) is 8.93. The van der Waals surface area contributed by atoms with Gasteiger partial charge in [-0.1, -0.05) is 30.3 Å². The number of alkyl halides is 3. The Bertz CT molecular complexity index is 931. The summed E-state index contributed by atoms with van der Waals surface area (Å²) < 4.78 is 60.2. The molecule has 1 aromatic carbocycles. The molecule has 1 fully saturated rings. The topological polar surface area (TPSA) is 113 Å². The highest BCUT2D eigenvalue weighted by atomic mass is 32.2. The van der Waals surface area contributed by atoms with Gasteiger partial charge in [0, 0.05) is 19.8 Å². The standard InChI is InChI=1S/C15H19N3O3S.C2HF3O2/c1-17-10-15(16-11-17)22(20,21)18-8-7-14(19)13(18)9-12-5-3-2-4-6-12;3-2(4,5)1(6)7/h2-6,10-11,13-14,19H,7-9H2,1H3;(H,6,7)/t13-,14+;/m0./s1. The van der Waals surface area contributed by atoms with Crippen molar-refractivity contribution in [3.8, 4) is 0 Å². The maximum atomic E-state index is 12.7. The van der Waals surface area contributed by atoms with Crippen molar-refractivity contribution in [2.75, 3.05) is 6.54 Å². The number of aliphatic hydroxyl groups excluding tert-OH is 1. The highest BCUT2D eigenvalue weighted by molar-refractivity contribution is 7.89. The Labute approximate surface area is 165 Å². The molecule has 0 saturated carbocycles. The predicted molar refractivity (Wildman–Crippen MR) is 95.3 cm³/mol.